The number of hydrogen-bond acceptors (Lipinski definition) is 2. The molecule has 0 unspecified atom stereocenters. The van der Waals surface area contributed by atoms with Crippen LogP contribution in [-0.2, 0) is 4.79 Å². The van der Waals surface area contributed by atoms with Crippen molar-refractivity contribution < 1.29 is 9.90 Å². The maximum absolute atomic E-state index is 10.3. The van der Waals surface area contributed by atoms with Gasteiger partial charge in [0.2, 0.25) is 0 Å². The van der Waals surface area contributed by atoms with Crippen LogP contribution in [0.1, 0.15) is 6.42 Å². The second kappa shape index (κ2) is 2.75. The predicted molar refractivity (Wildman–Crippen MR) is 40.7 cm³/mol. The largest absolute Gasteiger partial charge is 0.477 e. The van der Waals surface area contributed by atoms with Crippen molar-refractivity contribution in [3.63, 3.8) is 0 Å². The van der Waals surface area contributed by atoms with Crippen molar-refractivity contribution in [1.29, 1.82) is 0 Å². The van der Waals surface area contributed by atoms with E-state index in [1.807, 2.05) is 0 Å². The normalized spacial score (nSPS) is 18.8. The maximum Gasteiger partial charge on any atom is 0.342 e. The molecule has 0 aromatic heterocycles. The summed E-state index contributed by atoms with van der Waals surface area (Å²) in [5.74, 6) is 0.0757. The third kappa shape index (κ3) is 1.49. The highest BCUT2D eigenvalue weighted by atomic mass is 79.9. The van der Waals surface area contributed by atoms with Gasteiger partial charge in [0.25, 0.3) is 0 Å². The first-order valence-electron chi connectivity index (χ1n) is 2.46. The lowest BCUT2D eigenvalue weighted by Crippen LogP contribution is -1.94. The molecule has 50 valence electrons. The highest BCUT2D eigenvalue weighted by Gasteiger charge is 2.18. The number of rotatable bonds is 1. The lowest BCUT2D eigenvalue weighted by molar-refractivity contribution is -0.131. The number of hydrogen-bond donors (Lipinski definition) is 1. The second-order valence-electron chi connectivity index (χ2n) is 1.64. The zero-order chi connectivity index (χ0) is 6.85. The van der Waals surface area contributed by atoms with E-state index in [0.29, 0.717) is 4.91 Å². The maximum atomic E-state index is 10.3. The van der Waals surface area contributed by atoms with Crippen molar-refractivity contribution in [2.45, 2.75) is 6.42 Å². The van der Waals surface area contributed by atoms with E-state index in [9.17, 15) is 4.79 Å². The quantitative estimate of drug-likeness (QED) is 0.715. The van der Waals surface area contributed by atoms with Crippen molar-refractivity contribution in [2.75, 3.05) is 5.75 Å². The van der Waals surface area contributed by atoms with E-state index in [1.165, 1.54) is 11.8 Å². The Hall–Kier alpha value is 0.0400. The molecule has 0 saturated heterocycles. The van der Waals surface area contributed by atoms with Crippen LogP contribution in [0.15, 0.2) is 9.39 Å². The van der Waals surface area contributed by atoms with Crippen LogP contribution < -0.4 is 0 Å². The van der Waals surface area contributed by atoms with Gasteiger partial charge in [-0.25, -0.2) is 4.79 Å². The summed E-state index contributed by atoms with van der Waals surface area (Å²) in [6.45, 7) is 0. The molecule has 2 nitrogen and oxygen atoms in total. The van der Waals surface area contributed by atoms with Crippen LogP contribution in [0.3, 0.4) is 0 Å². The summed E-state index contributed by atoms with van der Waals surface area (Å²) in [4.78, 5) is 10.8. The molecule has 1 aliphatic heterocycles. The van der Waals surface area contributed by atoms with Gasteiger partial charge in [-0.15, -0.1) is 11.8 Å². The van der Waals surface area contributed by atoms with E-state index in [-0.39, 0.29) is 0 Å². The van der Waals surface area contributed by atoms with Crippen LogP contribution in [-0.4, -0.2) is 16.8 Å². The van der Waals surface area contributed by atoms with Crippen molar-refractivity contribution in [3.8, 4) is 0 Å². The van der Waals surface area contributed by atoms with E-state index in [1.54, 1.807) is 0 Å². The average molecular weight is 209 g/mol. The highest BCUT2D eigenvalue weighted by molar-refractivity contribution is 9.11. The fourth-order valence-corrected chi connectivity index (χ4v) is 2.48. The minimum atomic E-state index is -0.815. The van der Waals surface area contributed by atoms with Crippen molar-refractivity contribution >= 4 is 33.7 Å². The number of carboxylic acid groups (broad SMARTS) is 1. The molecule has 0 spiro atoms. The van der Waals surface area contributed by atoms with Crippen LogP contribution in [0.4, 0.5) is 0 Å². The van der Waals surface area contributed by atoms with Crippen molar-refractivity contribution in [2.24, 2.45) is 0 Å². The predicted octanol–water partition coefficient (Wildman–Crippen LogP) is 1.81. The molecule has 1 heterocycles. The van der Waals surface area contributed by atoms with Crippen LogP contribution in [0, 0.1) is 0 Å². The van der Waals surface area contributed by atoms with E-state index >= 15 is 0 Å². The van der Waals surface area contributed by atoms with Gasteiger partial charge in [-0.1, -0.05) is 15.9 Å². The number of thioether (sulfide) groups is 1. The van der Waals surface area contributed by atoms with Gasteiger partial charge in [-0.3, -0.25) is 0 Å². The first kappa shape index (κ1) is 7.15. The Bertz CT molecular complexity index is 176. The number of carbonyl (C=O) groups is 1. The summed E-state index contributed by atoms with van der Waals surface area (Å²) in [6, 6.07) is 0. The summed E-state index contributed by atoms with van der Waals surface area (Å²) in [7, 11) is 0. The summed E-state index contributed by atoms with van der Waals surface area (Å²) in [5.41, 5.74) is 0. The van der Waals surface area contributed by atoms with Gasteiger partial charge in [0.05, 0.1) is 0 Å². The molecule has 1 aliphatic rings. The van der Waals surface area contributed by atoms with Crippen LogP contribution in [0.5, 0.6) is 0 Å². The minimum Gasteiger partial charge on any atom is -0.477 e. The van der Waals surface area contributed by atoms with Crippen LogP contribution in [0.2, 0.25) is 0 Å². The molecule has 9 heavy (non-hydrogen) atoms. The number of aliphatic carboxylic acids is 1. The Morgan fingerprint density at radius 3 is 2.67 bits per heavy atom. The molecule has 0 amide bonds. The fraction of sp³-hybridized carbons (Fsp3) is 0.400. The number of carboxylic acids is 1. The zero-order valence-corrected chi connectivity index (χ0v) is 6.96. The molecular formula is C5H5BrO2S. The summed E-state index contributed by atoms with van der Waals surface area (Å²) < 4.78 is 0.833. The molecular weight excluding hydrogens is 204 g/mol. The molecule has 0 aromatic rings. The zero-order valence-electron chi connectivity index (χ0n) is 4.56. The van der Waals surface area contributed by atoms with Gasteiger partial charge in [0.15, 0.2) is 0 Å². The number of allylic oxidation sites excluding steroid dienone is 1. The minimum absolute atomic E-state index is 0.468. The van der Waals surface area contributed by atoms with Gasteiger partial charge < -0.3 is 5.11 Å². The van der Waals surface area contributed by atoms with Gasteiger partial charge in [-0.05, 0) is 6.42 Å². The smallest absolute Gasteiger partial charge is 0.342 e. The average Bonchev–Trinajstić information content (AvgIpc) is 2.13. The molecule has 0 saturated carbocycles. The molecule has 0 fully saturated rings. The first-order chi connectivity index (χ1) is 4.22. The van der Waals surface area contributed by atoms with Gasteiger partial charge in [0, 0.05) is 10.2 Å². The fourth-order valence-electron chi connectivity index (χ4n) is 0.612. The Morgan fingerprint density at radius 1 is 1.78 bits per heavy atom. The molecule has 4 heteroatoms. The van der Waals surface area contributed by atoms with E-state index in [4.69, 9.17) is 5.11 Å². The first-order valence-corrected chi connectivity index (χ1v) is 4.24. The third-order valence-corrected chi connectivity index (χ3v) is 3.18. The van der Waals surface area contributed by atoms with Crippen LogP contribution in [0.25, 0.3) is 0 Å². The summed E-state index contributed by atoms with van der Waals surface area (Å²) >= 11 is 4.58. The molecule has 0 aliphatic carbocycles. The van der Waals surface area contributed by atoms with E-state index < -0.39 is 5.97 Å². The van der Waals surface area contributed by atoms with Gasteiger partial charge in [-0.2, -0.15) is 0 Å². The Balaban J connectivity index is 2.78. The van der Waals surface area contributed by atoms with Gasteiger partial charge >= 0.3 is 5.97 Å². The molecule has 0 radical (unpaired) electrons. The second-order valence-corrected chi connectivity index (χ2v) is 3.70. The monoisotopic (exact) mass is 208 g/mol. The molecule has 1 N–H and O–H groups in total. The third-order valence-electron chi connectivity index (χ3n) is 1.01. The lowest BCUT2D eigenvalue weighted by Gasteiger charge is -1.89. The van der Waals surface area contributed by atoms with Gasteiger partial charge in [0.1, 0.15) is 4.91 Å². The lowest BCUT2D eigenvalue weighted by atomic mass is 10.4. The highest BCUT2D eigenvalue weighted by Crippen LogP contribution is 2.34. The summed E-state index contributed by atoms with van der Waals surface area (Å²) in [5, 5.41) is 8.47. The topological polar surface area (TPSA) is 37.3 Å². The Morgan fingerprint density at radius 2 is 2.44 bits per heavy atom. The molecule has 1 rings (SSSR count). The Labute approximate surface area is 65.4 Å². The molecule has 0 bridgehead atoms. The standard InChI is InChI=1S/C5H5BrO2S/c6-3-1-2-9-4(3)5(7)8/h1-2H2,(H,7,8). The SMILES string of the molecule is O=C(O)C1=C(Br)CCS1. The number of halogens is 1. The van der Waals surface area contributed by atoms with Crippen molar-refractivity contribution in [1.82, 2.24) is 0 Å². The van der Waals surface area contributed by atoms with Crippen LogP contribution >= 0.6 is 27.7 Å². The Kier molecular flexibility index (Phi) is 2.18. The molecule has 0 atom stereocenters. The summed E-state index contributed by atoms with van der Waals surface area (Å²) in [6.07, 6.45) is 0.853. The van der Waals surface area contributed by atoms with E-state index in [0.717, 1.165) is 16.7 Å². The van der Waals surface area contributed by atoms with E-state index in [2.05, 4.69) is 15.9 Å². The van der Waals surface area contributed by atoms with Crippen molar-refractivity contribution in [3.05, 3.63) is 9.39 Å². The molecule has 0 aromatic carbocycles.